The van der Waals surface area contributed by atoms with Crippen LogP contribution in [0.5, 0.6) is 0 Å². The molecule has 0 fully saturated rings. The fourth-order valence-electron chi connectivity index (χ4n) is 1.61. The van der Waals surface area contributed by atoms with E-state index < -0.39 is 23.7 Å². The normalized spacial score (nSPS) is 24.9. The minimum absolute atomic E-state index is 0.103. The van der Waals surface area contributed by atoms with Crippen molar-refractivity contribution in [2.45, 2.75) is 12.8 Å². The van der Waals surface area contributed by atoms with Crippen LogP contribution in [0.3, 0.4) is 0 Å². The van der Waals surface area contributed by atoms with Gasteiger partial charge in [-0.15, -0.1) is 0 Å². The quantitative estimate of drug-likeness (QED) is 0.411. The van der Waals surface area contributed by atoms with Crippen LogP contribution in [0.1, 0.15) is 12.8 Å². The molecule has 0 radical (unpaired) electrons. The van der Waals surface area contributed by atoms with Crippen LogP contribution < -0.4 is 5.73 Å². The standard InChI is InChI=1S/C10H15NO4/c1-14-6-15-10(13)8-5-3-2-4-7(8)9(11)12/h3,5,7-8H,2,4,6H2,1H3,(H2,11,12). The van der Waals surface area contributed by atoms with Crippen LogP contribution in [0.15, 0.2) is 12.2 Å². The van der Waals surface area contributed by atoms with Crippen LogP contribution in [-0.2, 0) is 19.1 Å². The van der Waals surface area contributed by atoms with Crippen molar-refractivity contribution in [3.8, 4) is 0 Å². The number of hydrogen-bond acceptors (Lipinski definition) is 4. The van der Waals surface area contributed by atoms with Gasteiger partial charge in [-0.25, -0.2) is 0 Å². The maximum Gasteiger partial charge on any atom is 0.315 e. The summed E-state index contributed by atoms with van der Waals surface area (Å²) in [7, 11) is 1.43. The van der Waals surface area contributed by atoms with E-state index in [1.165, 1.54) is 7.11 Å². The Hall–Kier alpha value is -1.36. The minimum atomic E-state index is -0.564. The topological polar surface area (TPSA) is 78.6 Å². The molecule has 1 rings (SSSR count). The molecular weight excluding hydrogens is 198 g/mol. The van der Waals surface area contributed by atoms with E-state index in [4.69, 9.17) is 10.5 Å². The number of rotatable bonds is 4. The summed E-state index contributed by atoms with van der Waals surface area (Å²) in [4.78, 5) is 22.6. The molecule has 0 aromatic carbocycles. The number of carbonyl (C=O) groups is 2. The lowest BCUT2D eigenvalue weighted by Crippen LogP contribution is -2.35. The lowest BCUT2D eigenvalue weighted by atomic mass is 9.83. The van der Waals surface area contributed by atoms with Crippen molar-refractivity contribution in [2.24, 2.45) is 17.6 Å². The second-order valence-corrected chi connectivity index (χ2v) is 3.41. The Labute approximate surface area is 88.2 Å². The van der Waals surface area contributed by atoms with Crippen LogP contribution >= 0.6 is 0 Å². The molecule has 15 heavy (non-hydrogen) atoms. The summed E-state index contributed by atoms with van der Waals surface area (Å²) in [5.41, 5.74) is 5.21. The number of esters is 1. The number of hydrogen-bond donors (Lipinski definition) is 1. The third-order valence-corrected chi connectivity index (χ3v) is 2.38. The molecule has 0 aliphatic heterocycles. The first kappa shape index (κ1) is 11.7. The number of carbonyl (C=O) groups excluding carboxylic acids is 2. The van der Waals surface area contributed by atoms with E-state index in [-0.39, 0.29) is 6.79 Å². The molecular formula is C10H15NO4. The zero-order chi connectivity index (χ0) is 11.3. The lowest BCUT2D eigenvalue weighted by molar-refractivity contribution is -0.160. The number of nitrogens with two attached hydrogens (primary N) is 1. The van der Waals surface area contributed by atoms with Gasteiger partial charge in [0, 0.05) is 7.11 Å². The Kier molecular flexibility index (Phi) is 4.30. The number of allylic oxidation sites excluding steroid dienone is 1. The first-order chi connectivity index (χ1) is 7.16. The molecule has 0 aromatic rings. The van der Waals surface area contributed by atoms with Crippen molar-refractivity contribution in [2.75, 3.05) is 13.9 Å². The van der Waals surface area contributed by atoms with Crippen molar-refractivity contribution < 1.29 is 19.1 Å². The Bertz CT molecular complexity index is 275. The van der Waals surface area contributed by atoms with Gasteiger partial charge in [-0.3, -0.25) is 9.59 Å². The van der Waals surface area contributed by atoms with E-state index in [1.807, 2.05) is 6.08 Å². The van der Waals surface area contributed by atoms with Crippen molar-refractivity contribution >= 4 is 11.9 Å². The Balaban J connectivity index is 2.63. The van der Waals surface area contributed by atoms with Crippen LogP contribution in [-0.4, -0.2) is 25.8 Å². The first-order valence-corrected chi connectivity index (χ1v) is 4.78. The molecule has 0 heterocycles. The molecule has 1 aliphatic carbocycles. The van der Waals surface area contributed by atoms with E-state index in [9.17, 15) is 9.59 Å². The van der Waals surface area contributed by atoms with Crippen molar-refractivity contribution in [3.05, 3.63) is 12.2 Å². The van der Waals surface area contributed by atoms with Gasteiger partial charge in [0.1, 0.15) is 0 Å². The molecule has 84 valence electrons. The van der Waals surface area contributed by atoms with Crippen LogP contribution in [0.4, 0.5) is 0 Å². The molecule has 2 N–H and O–H groups in total. The zero-order valence-electron chi connectivity index (χ0n) is 8.64. The second kappa shape index (κ2) is 5.50. The largest absolute Gasteiger partial charge is 0.438 e. The molecule has 0 saturated carbocycles. The van der Waals surface area contributed by atoms with Gasteiger partial charge >= 0.3 is 5.97 Å². The Morgan fingerprint density at radius 3 is 2.87 bits per heavy atom. The van der Waals surface area contributed by atoms with E-state index >= 15 is 0 Å². The van der Waals surface area contributed by atoms with E-state index in [2.05, 4.69) is 4.74 Å². The molecule has 0 bridgehead atoms. The summed E-state index contributed by atoms with van der Waals surface area (Å²) >= 11 is 0. The highest BCUT2D eigenvalue weighted by Gasteiger charge is 2.32. The average molecular weight is 213 g/mol. The number of amides is 1. The Morgan fingerprint density at radius 2 is 2.27 bits per heavy atom. The average Bonchev–Trinajstić information content (AvgIpc) is 2.25. The van der Waals surface area contributed by atoms with Gasteiger partial charge in [-0.1, -0.05) is 12.2 Å². The summed E-state index contributed by atoms with van der Waals surface area (Å²) in [6, 6.07) is 0. The van der Waals surface area contributed by atoms with Gasteiger partial charge in [-0.05, 0) is 12.8 Å². The molecule has 5 heteroatoms. The molecule has 1 amide bonds. The molecule has 2 atom stereocenters. The molecule has 1 aliphatic rings. The Morgan fingerprint density at radius 1 is 1.53 bits per heavy atom. The maximum atomic E-state index is 11.5. The maximum absolute atomic E-state index is 11.5. The number of methoxy groups -OCH3 is 1. The number of primary amides is 1. The van der Waals surface area contributed by atoms with Crippen molar-refractivity contribution in [1.82, 2.24) is 0 Å². The van der Waals surface area contributed by atoms with Gasteiger partial charge in [-0.2, -0.15) is 0 Å². The molecule has 0 aromatic heterocycles. The predicted octanol–water partition coefficient (Wildman–Crippen LogP) is 0.201. The summed E-state index contributed by atoms with van der Waals surface area (Å²) in [5.74, 6) is -1.94. The zero-order valence-corrected chi connectivity index (χ0v) is 8.64. The van der Waals surface area contributed by atoms with Gasteiger partial charge in [0.2, 0.25) is 5.91 Å². The smallest absolute Gasteiger partial charge is 0.315 e. The summed E-state index contributed by atoms with van der Waals surface area (Å²) in [6.07, 6.45) is 4.90. The predicted molar refractivity (Wildman–Crippen MR) is 52.5 cm³/mol. The van der Waals surface area contributed by atoms with Crippen LogP contribution in [0.2, 0.25) is 0 Å². The fourth-order valence-corrected chi connectivity index (χ4v) is 1.61. The summed E-state index contributed by atoms with van der Waals surface area (Å²) < 4.78 is 9.41. The van der Waals surface area contributed by atoms with E-state index in [1.54, 1.807) is 6.08 Å². The SMILES string of the molecule is COCOC(=O)C1C=CCCC1C(N)=O. The van der Waals surface area contributed by atoms with E-state index in [0.717, 1.165) is 6.42 Å². The summed E-state index contributed by atoms with van der Waals surface area (Å²) in [5, 5.41) is 0. The fraction of sp³-hybridized carbons (Fsp3) is 0.600. The van der Waals surface area contributed by atoms with Crippen molar-refractivity contribution in [1.29, 1.82) is 0 Å². The molecule has 2 unspecified atom stereocenters. The highest BCUT2D eigenvalue weighted by atomic mass is 16.7. The lowest BCUT2D eigenvalue weighted by Gasteiger charge is -2.23. The molecule has 0 saturated heterocycles. The van der Waals surface area contributed by atoms with Gasteiger partial charge in [0.25, 0.3) is 0 Å². The van der Waals surface area contributed by atoms with Gasteiger partial charge < -0.3 is 15.2 Å². The minimum Gasteiger partial charge on any atom is -0.438 e. The highest BCUT2D eigenvalue weighted by Crippen LogP contribution is 2.25. The second-order valence-electron chi connectivity index (χ2n) is 3.41. The van der Waals surface area contributed by atoms with Gasteiger partial charge in [0.15, 0.2) is 6.79 Å². The molecule has 5 nitrogen and oxygen atoms in total. The first-order valence-electron chi connectivity index (χ1n) is 4.78. The van der Waals surface area contributed by atoms with E-state index in [0.29, 0.717) is 6.42 Å². The third kappa shape index (κ3) is 3.06. The van der Waals surface area contributed by atoms with Crippen LogP contribution in [0, 0.1) is 11.8 Å². The summed E-state index contributed by atoms with van der Waals surface area (Å²) in [6.45, 7) is -0.103. The van der Waals surface area contributed by atoms with Crippen molar-refractivity contribution in [3.63, 3.8) is 0 Å². The van der Waals surface area contributed by atoms with Crippen LogP contribution in [0.25, 0.3) is 0 Å². The monoisotopic (exact) mass is 213 g/mol. The molecule has 0 spiro atoms. The van der Waals surface area contributed by atoms with Gasteiger partial charge in [0.05, 0.1) is 11.8 Å². The number of ether oxygens (including phenoxy) is 2. The third-order valence-electron chi connectivity index (χ3n) is 2.38. The highest BCUT2D eigenvalue weighted by molar-refractivity contribution is 5.85.